The molecule has 0 N–H and O–H groups in total. The van der Waals surface area contributed by atoms with Crippen LogP contribution in [-0.4, -0.2) is 42.6 Å². The van der Waals surface area contributed by atoms with Crippen LogP contribution in [0.1, 0.15) is 56.8 Å². The van der Waals surface area contributed by atoms with Crippen LogP contribution in [0.3, 0.4) is 0 Å². The molecule has 0 unspecified atom stereocenters. The fourth-order valence-electron chi connectivity index (χ4n) is 4.01. The van der Waals surface area contributed by atoms with Gasteiger partial charge in [-0.3, -0.25) is 9.59 Å². The van der Waals surface area contributed by atoms with Crippen molar-refractivity contribution in [1.29, 1.82) is 0 Å². The summed E-state index contributed by atoms with van der Waals surface area (Å²) < 4.78 is 32.0. The van der Waals surface area contributed by atoms with Crippen LogP contribution in [0.15, 0.2) is 47.5 Å². The number of Topliss-reactive ketones (excluding diaryl/α,β-unsaturated/α-hetero) is 1. The number of hydrogen-bond donors (Lipinski definition) is 0. The van der Waals surface area contributed by atoms with Gasteiger partial charge in [-0.2, -0.15) is 5.10 Å². The summed E-state index contributed by atoms with van der Waals surface area (Å²) in [5.41, 5.74) is 2.76. The molecule has 0 fully saturated rings. The van der Waals surface area contributed by atoms with Crippen molar-refractivity contribution in [3.8, 4) is 5.88 Å². The number of carbonyl (C=O) groups excluding carboxylic acids is 2. The molecule has 3 aromatic rings. The maximum absolute atomic E-state index is 13.6. The van der Waals surface area contributed by atoms with Gasteiger partial charge in [0.05, 0.1) is 11.1 Å². The van der Waals surface area contributed by atoms with Crippen molar-refractivity contribution in [3.63, 3.8) is 0 Å². The Morgan fingerprint density at radius 3 is 2.26 bits per heavy atom. The van der Waals surface area contributed by atoms with Gasteiger partial charge in [-0.15, -0.1) is 0 Å². The highest BCUT2D eigenvalue weighted by molar-refractivity contribution is 7.90. The van der Waals surface area contributed by atoms with E-state index in [-0.39, 0.29) is 40.4 Å². The fraction of sp³-hybridized carbons (Fsp3) is 0.346. The molecule has 0 amide bonds. The Balaban J connectivity index is 2.02. The van der Waals surface area contributed by atoms with Crippen molar-refractivity contribution in [2.75, 3.05) is 12.9 Å². The molecular weight excluding hydrogens is 452 g/mol. The Kier molecular flexibility index (Phi) is 7.41. The molecule has 180 valence electrons. The molecule has 1 aromatic heterocycles. The molecule has 2 aromatic carbocycles. The Morgan fingerprint density at radius 1 is 1.03 bits per heavy atom. The van der Waals surface area contributed by atoms with Gasteiger partial charge in [0.25, 0.3) is 0 Å². The largest absolute Gasteiger partial charge is 0.469 e. The molecule has 1 heterocycles. The van der Waals surface area contributed by atoms with E-state index in [1.54, 1.807) is 55.8 Å². The lowest BCUT2D eigenvalue weighted by molar-refractivity contribution is 0.0906. The van der Waals surface area contributed by atoms with Gasteiger partial charge in [-0.1, -0.05) is 44.2 Å². The van der Waals surface area contributed by atoms with Crippen LogP contribution < -0.4 is 4.74 Å². The zero-order chi connectivity index (χ0) is 25.2. The van der Waals surface area contributed by atoms with E-state index < -0.39 is 9.84 Å². The lowest BCUT2D eigenvalue weighted by Crippen LogP contribution is -2.17. The zero-order valence-corrected chi connectivity index (χ0v) is 21.2. The molecule has 0 atom stereocenters. The van der Waals surface area contributed by atoms with Crippen LogP contribution in [0.2, 0.25) is 0 Å². The maximum atomic E-state index is 13.6. The highest BCUT2D eigenvalue weighted by Gasteiger charge is 2.26. The molecule has 0 aliphatic heterocycles. The Bertz CT molecular complexity index is 1340. The van der Waals surface area contributed by atoms with Crippen molar-refractivity contribution in [3.05, 3.63) is 76.0 Å². The predicted molar refractivity (Wildman–Crippen MR) is 131 cm³/mol. The standard InChI is InChI=1S/C26H30N2O5S/c1-16(2)14-28-26(33-15-23(29)20-10-8-7-9-11-20)22(13-27-28)24(30)21-12-17(3)25(34(6,31)32)19(5)18(21)4/h7-13,16H,14-15H2,1-6H3. The normalized spacial score (nSPS) is 11.6. The van der Waals surface area contributed by atoms with E-state index >= 15 is 0 Å². The first-order chi connectivity index (χ1) is 15.9. The quantitative estimate of drug-likeness (QED) is 0.421. The van der Waals surface area contributed by atoms with E-state index in [9.17, 15) is 18.0 Å². The molecular formula is C26H30N2O5S. The van der Waals surface area contributed by atoms with Crippen molar-refractivity contribution in [2.24, 2.45) is 5.92 Å². The van der Waals surface area contributed by atoms with E-state index in [1.165, 1.54) is 6.20 Å². The van der Waals surface area contributed by atoms with Crippen LogP contribution in [0, 0.1) is 26.7 Å². The predicted octanol–water partition coefficient (Wildman–Crippen LogP) is 4.36. The number of carbonyl (C=O) groups is 2. The summed E-state index contributed by atoms with van der Waals surface area (Å²) in [6, 6.07) is 10.4. The van der Waals surface area contributed by atoms with Crippen LogP contribution >= 0.6 is 0 Å². The molecule has 34 heavy (non-hydrogen) atoms. The third kappa shape index (κ3) is 5.28. The van der Waals surface area contributed by atoms with Crippen molar-refractivity contribution >= 4 is 21.4 Å². The highest BCUT2D eigenvalue weighted by atomic mass is 32.2. The molecule has 8 heteroatoms. The zero-order valence-electron chi connectivity index (χ0n) is 20.4. The average molecular weight is 483 g/mol. The highest BCUT2D eigenvalue weighted by Crippen LogP contribution is 2.30. The lowest BCUT2D eigenvalue weighted by Gasteiger charge is -2.16. The van der Waals surface area contributed by atoms with Crippen molar-refractivity contribution in [2.45, 2.75) is 46.1 Å². The lowest BCUT2D eigenvalue weighted by atomic mass is 9.95. The van der Waals surface area contributed by atoms with Crippen molar-refractivity contribution < 1.29 is 22.7 Å². The third-order valence-electron chi connectivity index (χ3n) is 5.65. The fourth-order valence-corrected chi connectivity index (χ4v) is 5.36. The number of ether oxygens (including phenoxy) is 1. The topological polar surface area (TPSA) is 95.3 Å². The number of benzene rings is 2. The van der Waals surface area contributed by atoms with E-state index in [0.29, 0.717) is 34.4 Å². The van der Waals surface area contributed by atoms with Gasteiger partial charge in [0.2, 0.25) is 5.88 Å². The summed E-state index contributed by atoms with van der Waals surface area (Å²) in [5.74, 6) is -0.0854. The third-order valence-corrected chi connectivity index (χ3v) is 7.02. The van der Waals surface area contributed by atoms with Crippen LogP contribution in [0.25, 0.3) is 0 Å². The summed E-state index contributed by atoms with van der Waals surface area (Å²) in [6.45, 7) is 9.41. The number of ketones is 2. The number of hydrogen-bond acceptors (Lipinski definition) is 6. The Morgan fingerprint density at radius 2 is 1.68 bits per heavy atom. The second-order valence-corrected chi connectivity index (χ2v) is 10.9. The van der Waals surface area contributed by atoms with Crippen LogP contribution in [0.4, 0.5) is 0 Å². The monoisotopic (exact) mass is 482 g/mol. The second-order valence-electron chi connectivity index (χ2n) is 8.94. The first-order valence-electron chi connectivity index (χ1n) is 11.0. The molecule has 0 saturated carbocycles. The molecule has 0 spiro atoms. The number of aryl methyl sites for hydroxylation is 1. The molecule has 0 aliphatic rings. The molecule has 0 radical (unpaired) electrons. The second kappa shape index (κ2) is 9.93. The smallest absolute Gasteiger partial charge is 0.223 e. The number of aromatic nitrogens is 2. The average Bonchev–Trinajstić information content (AvgIpc) is 3.15. The molecule has 0 aliphatic carbocycles. The van der Waals surface area contributed by atoms with Gasteiger partial charge in [0, 0.05) is 23.9 Å². The minimum Gasteiger partial charge on any atom is -0.469 e. The first-order valence-corrected chi connectivity index (χ1v) is 12.9. The molecule has 7 nitrogen and oxygen atoms in total. The summed E-state index contributed by atoms with van der Waals surface area (Å²) in [4.78, 5) is 26.4. The van der Waals surface area contributed by atoms with Gasteiger partial charge < -0.3 is 4.74 Å². The van der Waals surface area contributed by atoms with Gasteiger partial charge in [-0.25, -0.2) is 13.1 Å². The molecule has 0 saturated heterocycles. The van der Waals surface area contributed by atoms with Crippen molar-refractivity contribution in [1.82, 2.24) is 9.78 Å². The van der Waals surface area contributed by atoms with E-state index in [1.807, 2.05) is 19.9 Å². The minimum atomic E-state index is -3.45. The summed E-state index contributed by atoms with van der Waals surface area (Å²) in [6.07, 6.45) is 2.61. The summed E-state index contributed by atoms with van der Waals surface area (Å²) >= 11 is 0. The Hall–Kier alpha value is -3.26. The summed E-state index contributed by atoms with van der Waals surface area (Å²) in [7, 11) is -3.45. The number of nitrogens with zero attached hydrogens (tertiary/aromatic N) is 2. The van der Waals surface area contributed by atoms with Gasteiger partial charge in [0.15, 0.2) is 28.0 Å². The minimum absolute atomic E-state index is 0.211. The number of sulfone groups is 1. The summed E-state index contributed by atoms with van der Waals surface area (Å²) in [5, 5.41) is 4.35. The first kappa shape index (κ1) is 25.4. The van der Waals surface area contributed by atoms with E-state index in [4.69, 9.17) is 4.74 Å². The SMILES string of the molecule is Cc1cc(C(=O)c2cnn(CC(C)C)c2OCC(=O)c2ccccc2)c(C)c(C)c1S(C)(=O)=O. The van der Waals surface area contributed by atoms with Gasteiger partial charge in [-0.05, 0) is 49.4 Å². The molecule has 0 bridgehead atoms. The van der Waals surface area contributed by atoms with E-state index in [0.717, 1.165) is 6.26 Å². The van der Waals surface area contributed by atoms with Crippen LogP contribution in [-0.2, 0) is 16.4 Å². The van der Waals surface area contributed by atoms with Gasteiger partial charge >= 0.3 is 0 Å². The van der Waals surface area contributed by atoms with E-state index in [2.05, 4.69) is 5.10 Å². The molecule has 3 rings (SSSR count). The van der Waals surface area contributed by atoms with Gasteiger partial charge in [0.1, 0.15) is 5.56 Å². The number of rotatable bonds is 9. The Labute approximate surface area is 200 Å². The van der Waals surface area contributed by atoms with Crippen LogP contribution in [0.5, 0.6) is 5.88 Å². The maximum Gasteiger partial charge on any atom is 0.223 e.